The summed E-state index contributed by atoms with van der Waals surface area (Å²) in [5, 5.41) is 9.96. The van der Waals surface area contributed by atoms with E-state index in [9.17, 15) is 9.59 Å². The van der Waals surface area contributed by atoms with Gasteiger partial charge in [0.2, 0.25) is 5.91 Å². The Morgan fingerprint density at radius 3 is 2.78 bits per heavy atom. The number of hydrogen-bond donors (Lipinski definition) is 1. The fourth-order valence-electron chi connectivity index (χ4n) is 1.98. The monoisotopic (exact) mass is 249 g/mol. The molecule has 1 saturated heterocycles. The molecule has 5 heteroatoms. The van der Waals surface area contributed by atoms with Crippen molar-refractivity contribution in [1.29, 1.82) is 0 Å². The second-order valence-corrected chi connectivity index (χ2v) is 4.38. The van der Waals surface area contributed by atoms with Crippen LogP contribution in [0.2, 0.25) is 0 Å². The number of hydrogen-bond acceptors (Lipinski definition) is 3. The van der Waals surface area contributed by atoms with E-state index in [-0.39, 0.29) is 24.7 Å². The number of amides is 1. The number of benzene rings is 1. The van der Waals surface area contributed by atoms with Crippen molar-refractivity contribution in [3.8, 4) is 0 Å². The summed E-state index contributed by atoms with van der Waals surface area (Å²) in [6, 6.07) is 9.54. The summed E-state index contributed by atoms with van der Waals surface area (Å²) < 4.78 is 0. The van der Waals surface area contributed by atoms with Crippen molar-refractivity contribution in [3.05, 3.63) is 35.9 Å². The zero-order valence-corrected chi connectivity index (χ0v) is 9.91. The first-order valence-electron chi connectivity index (χ1n) is 5.84. The summed E-state index contributed by atoms with van der Waals surface area (Å²) in [4.78, 5) is 27.6. The number of aliphatic carboxylic acids is 1. The Hall–Kier alpha value is -1.88. The van der Waals surface area contributed by atoms with Gasteiger partial charge in [-0.1, -0.05) is 30.3 Å². The molecule has 1 fully saturated rings. The molecule has 0 unspecified atom stereocenters. The number of nitrogens with zero attached hydrogens (tertiary/aromatic N) is 1. The van der Waals surface area contributed by atoms with E-state index in [1.165, 1.54) is 5.06 Å². The first-order valence-corrected chi connectivity index (χ1v) is 5.84. The van der Waals surface area contributed by atoms with Gasteiger partial charge in [0.25, 0.3) is 0 Å². The third kappa shape index (κ3) is 3.30. The van der Waals surface area contributed by atoms with E-state index in [2.05, 4.69) is 0 Å². The fraction of sp³-hybridized carbons (Fsp3) is 0.385. The Morgan fingerprint density at radius 2 is 2.11 bits per heavy atom. The van der Waals surface area contributed by atoms with Gasteiger partial charge in [-0.05, 0) is 11.5 Å². The SMILES string of the molecule is O=C(O)C[C@@H]1CC(=O)N(OCc2ccccc2)C1. The molecule has 1 aliphatic heterocycles. The lowest BCUT2D eigenvalue weighted by atomic mass is 10.1. The van der Waals surface area contributed by atoms with Gasteiger partial charge in [-0.3, -0.25) is 14.4 Å². The van der Waals surface area contributed by atoms with E-state index in [0.29, 0.717) is 13.2 Å². The van der Waals surface area contributed by atoms with Gasteiger partial charge in [0.15, 0.2) is 0 Å². The van der Waals surface area contributed by atoms with Gasteiger partial charge in [0, 0.05) is 6.42 Å². The molecule has 1 aromatic rings. The van der Waals surface area contributed by atoms with Crippen LogP contribution in [0.25, 0.3) is 0 Å². The summed E-state index contributed by atoms with van der Waals surface area (Å²) in [5.41, 5.74) is 0.979. The molecule has 96 valence electrons. The number of hydroxylamine groups is 2. The molecule has 0 saturated carbocycles. The van der Waals surface area contributed by atoms with Gasteiger partial charge in [-0.15, -0.1) is 0 Å². The van der Waals surface area contributed by atoms with Gasteiger partial charge in [-0.25, -0.2) is 5.06 Å². The predicted octanol–water partition coefficient (Wildman–Crippen LogP) is 1.44. The van der Waals surface area contributed by atoms with Crippen LogP contribution in [0, 0.1) is 5.92 Å². The molecule has 0 radical (unpaired) electrons. The third-order valence-corrected chi connectivity index (χ3v) is 2.86. The van der Waals surface area contributed by atoms with Crippen LogP contribution in [0.5, 0.6) is 0 Å². The van der Waals surface area contributed by atoms with Gasteiger partial charge >= 0.3 is 5.97 Å². The summed E-state index contributed by atoms with van der Waals surface area (Å²) in [6.45, 7) is 0.685. The minimum absolute atomic E-state index is 0.0109. The molecule has 1 N–H and O–H groups in total. The van der Waals surface area contributed by atoms with Crippen molar-refractivity contribution < 1.29 is 19.5 Å². The Balaban J connectivity index is 1.83. The van der Waals surface area contributed by atoms with Gasteiger partial charge in [-0.2, -0.15) is 0 Å². The number of carbonyl (C=O) groups is 2. The van der Waals surface area contributed by atoms with E-state index in [0.717, 1.165) is 5.56 Å². The van der Waals surface area contributed by atoms with Crippen LogP contribution >= 0.6 is 0 Å². The lowest BCUT2D eigenvalue weighted by Crippen LogP contribution is -2.25. The molecule has 1 amide bonds. The van der Waals surface area contributed by atoms with Gasteiger partial charge < -0.3 is 5.11 Å². The molecule has 0 aromatic heterocycles. The molecule has 1 aliphatic rings. The van der Waals surface area contributed by atoms with E-state index in [1.54, 1.807) is 0 Å². The standard InChI is InChI=1S/C13H15NO4/c15-12-6-11(7-13(16)17)8-14(12)18-9-10-4-2-1-3-5-10/h1-5,11H,6-9H2,(H,16,17)/t11-/m0/s1. The van der Waals surface area contributed by atoms with Gasteiger partial charge in [0.1, 0.15) is 6.61 Å². The van der Waals surface area contributed by atoms with Crippen LogP contribution < -0.4 is 0 Å². The third-order valence-electron chi connectivity index (χ3n) is 2.86. The smallest absolute Gasteiger partial charge is 0.303 e. The predicted molar refractivity (Wildman–Crippen MR) is 63.3 cm³/mol. The highest BCUT2D eigenvalue weighted by Crippen LogP contribution is 2.21. The van der Waals surface area contributed by atoms with Crippen molar-refractivity contribution >= 4 is 11.9 Å². The number of rotatable bonds is 5. The van der Waals surface area contributed by atoms with E-state index in [4.69, 9.17) is 9.94 Å². The van der Waals surface area contributed by atoms with E-state index in [1.807, 2.05) is 30.3 Å². The summed E-state index contributed by atoms with van der Waals surface area (Å²) in [7, 11) is 0. The molecule has 1 heterocycles. The maximum atomic E-state index is 11.6. The average Bonchev–Trinajstić information content (AvgIpc) is 2.67. The summed E-state index contributed by atoms with van der Waals surface area (Å²) in [5.74, 6) is -1.17. The van der Waals surface area contributed by atoms with E-state index >= 15 is 0 Å². The Morgan fingerprint density at radius 1 is 1.39 bits per heavy atom. The molecule has 0 spiro atoms. The van der Waals surface area contributed by atoms with Crippen molar-refractivity contribution in [2.24, 2.45) is 5.92 Å². The molecule has 0 bridgehead atoms. The van der Waals surface area contributed by atoms with Crippen LogP contribution in [-0.4, -0.2) is 28.6 Å². The highest BCUT2D eigenvalue weighted by Gasteiger charge is 2.31. The molecular formula is C13H15NO4. The minimum atomic E-state index is -0.877. The summed E-state index contributed by atoms with van der Waals surface area (Å²) >= 11 is 0. The normalized spacial score (nSPS) is 19.2. The Labute approximate surface area is 105 Å². The van der Waals surface area contributed by atoms with Crippen LogP contribution in [-0.2, 0) is 21.0 Å². The molecule has 18 heavy (non-hydrogen) atoms. The topological polar surface area (TPSA) is 66.8 Å². The van der Waals surface area contributed by atoms with Crippen molar-refractivity contribution in [2.45, 2.75) is 19.4 Å². The average molecular weight is 249 g/mol. The first-order chi connectivity index (χ1) is 8.65. The van der Waals surface area contributed by atoms with Crippen LogP contribution in [0.3, 0.4) is 0 Å². The second kappa shape index (κ2) is 5.64. The quantitative estimate of drug-likeness (QED) is 0.857. The van der Waals surface area contributed by atoms with Crippen molar-refractivity contribution in [2.75, 3.05) is 6.54 Å². The van der Waals surface area contributed by atoms with Crippen LogP contribution in [0.4, 0.5) is 0 Å². The van der Waals surface area contributed by atoms with Crippen molar-refractivity contribution in [3.63, 3.8) is 0 Å². The molecular weight excluding hydrogens is 234 g/mol. The molecule has 0 aliphatic carbocycles. The molecule has 5 nitrogen and oxygen atoms in total. The molecule has 2 rings (SSSR count). The zero-order chi connectivity index (χ0) is 13.0. The minimum Gasteiger partial charge on any atom is -0.481 e. The first kappa shape index (κ1) is 12.6. The second-order valence-electron chi connectivity index (χ2n) is 4.38. The fourth-order valence-corrected chi connectivity index (χ4v) is 1.98. The van der Waals surface area contributed by atoms with Crippen LogP contribution in [0.1, 0.15) is 18.4 Å². The lowest BCUT2D eigenvalue weighted by molar-refractivity contribution is -0.183. The maximum absolute atomic E-state index is 11.6. The van der Waals surface area contributed by atoms with Crippen LogP contribution in [0.15, 0.2) is 30.3 Å². The number of carboxylic acid groups (broad SMARTS) is 1. The highest BCUT2D eigenvalue weighted by molar-refractivity contribution is 5.78. The number of carbonyl (C=O) groups excluding carboxylic acids is 1. The maximum Gasteiger partial charge on any atom is 0.303 e. The Kier molecular flexibility index (Phi) is 3.94. The number of carboxylic acids is 1. The highest BCUT2D eigenvalue weighted by atomic mass is 16.7. The summed E-state index contributed by atoms with van der Waals surface area (Å²) in [6.07, 6.45) is 0.262. The van der Waals surface area contributed by atoms with E-state index < -0.39 is 5.97 Å². The zero-order valence-electron chi connectivity index (χ0n) is 9.91. The van der Waals surface area contributed by atoms with Crippen molar-refractivity contribution in [1.82, 2.24) is 5.06 Å². The van der Waals surface area contributed by atoms with Gasteiger partial charge in [0.05, 0.1) is 13.0 Å². The lowest BCUT2D eigenvalue weighted by Gasteiger charge is -2.15. The molecule has 1 aromatic carbocycles. The molecule has 1 atom stereocenters. The largest absolute Gasteiger partial charge is 0.481 e. The Bertz CT molecular complexity index is 432.